The van der Waals surface area contributed by atoms with Gasteiger partial charge in [0.1, 0.15) is 5.75 Å². The van der Waals surface area contributed by atoms with Crippen LogP contribution in [0.15, 0.2) is 47.1 Å². The summed E-state index contributed by atoms with van der Waals surface area (Å²) >= 11 is 0. The number of benzene rings is 1. The summed E-state index contributed by atoms with van der Waals surface area (Å²) in [6, 6.07) is 8.75. The fraction of sp³-hybridized carbons (Fsp3) is 0.188. The van der Waals surface area contributed by atoms with Crippen molar-refractivity contribution in [2.75, 3.05) is 6.54 Å². The minimum absolute atomic E-state index is 0.0607. The van der Waals surface area contributed by atoms with Gasteiger partial charge in [0.2, 0.25) is 17.6 Å². The molecule has 0 saturated heterocycles. The normalized spacial score (nSPS) is 11.5. The van der Waals surface area contributed by atoms with Crippen LogP contribution >= 0.6 is 0 Å². The van der Waals surface area contributed by atoms with E-state index in [1.54, 1.807) is 24.3 Å². The minimum atomic E-state index is -4.43. The van der Waals surface area contributed by atoms with E-state index in [4.69, 9.17) is 15.0 Å². The molecule has 2 aromatic heterocycles. The van der Waals surface area contributed by atoms with Crippen molar-refractivity contribution >= 4 is 0 Å². The highest BCUT2D eigenvalue weighted by molar-refractivity contribution is 5.55. The summed E-state index contributed by atoms with van der Waals surface area (Å²) in [5.74, 6) is 1.35. The quantitative estimate of drug-likeness (QED) is 0.758. The summed E-state index contributed by atoms with van der Waals surface area (Å²) in [5.41, 5.74) is 5.30. The Balaban J connectivity index is 1.70. The maximum Gasteiger partial charge on any atom is 0.417 e. The molecule has 0 atom stereocenters. The maximum atomic E-state index is 12.5. The predicted octanol–water partition coefficient (Wildman–Crippen LogP) is 3.44. The maximum absolute atomic E-state index is 12.5. The summed E-state index contributed by atoms with van der Waals surface area (Å²) in [5, 5.41) is 3.85. The van der Waals surface area contributed by atoms with Crippen LogP contribution in [-0.2, 0) is 12.6 Å². The fourth-order valence-corrected chi connectivity index (χ4v) is 2.00. The number of pyridine rings is 1. The summed E-state index contributed by atoms with van der Waals surface area (Å²) in [6.07, 6.45) is -3.21. The third-order valence-electron chi connectivity index (χ3n) is 3.22. The number of rotatable bonds is 5. The van der Waals surface area contributed by atoms with E-state index < -0.39 is 11.7 Å². The van der Waals surface area contributed by atoms with Crippen LogP contribution in [0.1, 0.15) is 11.5 Å². The molecule has 0 bridgehead atoms. The highest BCUT2D eigenvalue weighted by atomic mass is 19.4. The number of hydrogen-bond donors (Lipinski definition) is 1. The van der Waals surface area contributed by atoms with E-state index in [-0.39, 0.29) is 5.88 Å². The molecule has 130 valence electrons. The molecule has 0 spiro atoms. The Labute approximate surface area is 140 Å². The highest BCUT2D eigenvalue weighted by Crippen LogP contribution is 2.30. The molecule has 0 amide bonds. The fourth-order valence-electron chi connectivity index (χ4n) is 2.00. The smallest absolute Gasteiger partial charge is 0.417 e. The molecule has 3 aromatic rings. The van der Waals surface area contributed by atoms with Gasteiger partial charge in [-0.15, -0.1) is 0 Å². The molecule has 0 aliphatic carbocycles. The number of nitrogens with zero attached hydrogens (tertiary/aromatic N) is 3. The van der Waals surface area contributed by atoms with Gasteiger partial charge < -0.3 is 15.0 Å². The van der Waals surface area contributed by atoms with Crippen molar-refractivity contribution < 1.29 is 22.4 Å². The lowest BCUT2D eigenvalue weighted by atomic mass is 10.2. The van der Waals surface area contributed by atoms with Crippen molar-refractivity contribution in [2.45, 2.75) is 12.6 Å². The first-order valence-corrected chi connectivity index (χ1v) is 7.30. The molecule has 0 aliphatic heterocycles. The van der Waals surface area contributed by atoms with Crippen LogP contribution in [0, 0.1) is 0 Å². The van der Waals surface area contributed by atoms with Gasteiger partial charge in [0.15, 0.2) is 0 Å². The Kier molecular flexibility index (Phi) is 4.66. The lowest BCUT2D eigenvalue weighted by molar-refractivity contribution is -0.137. The van der Waals surface area contributed by atoms with Crippen LogP contribution in [0.25, 0.3) is 11.4 Å². The van der Waals surface area contributed by atoms with Gasteiger partial charge in [-0.05, 0) is 30.3 Å². The van der Waals surface area contributed by atoms with Crippen molar-refractivity contribution in [1.82, 2.24) is 15.1 Å². The average Bonchev–Trinajstić information content (AvgIpc) is 3.04. The third-order valence-corrected chi connectivity index (χ3v) is 3.22. The summed E-state index contributed by atoms with van der Waals surface area (Å²) < 4.78 is 48.0. The molecular formula is C16H13F3N4O2. The molecule has 0 unspecified atom stereocenters. The molecule has 0 radical (unpaired) electrons. The standard InChI is InChI=1S/C16H13F3N4O2/c17-16(18,19)11-3-6-13(21-9-11)24-12-4-1-10(2-5-12)15-22-14(7-8-20)25-23-15/h1-6,9H,7-8,20H2. The zero-order valence-electron chi connectivity index (χ0n) is 12.8. The van der Waals surface area contributed by atoms with Gasteiger partial charge in [-0.3, -0.25) is 0 Å². The van der Waals surface area contributed by atoms with Crippen LogP contribution < -0.4 is 10.5 Å². The van der Waals surface area contributed by atoms with E-state index in [0.29, 0.717) is 36.0 Å². The second-order valence-corrected chi connectivity index (χ2v) is 5.06. The van der Waals surface area contributed by atoms with Crippen LogP contribution in [0.3, 0.4) is 0 Å². The second kappa shape index (κ2) is 6.89. The van der Waals surface area contributed by atoms with E-state index in [9.17, 15) is 13.2 Å². The Morgan fingerprint density at radius 3 is 2.44 bits per heavy atom. The molecular weight excluding hydrogens is 337 g/mol. The van der Waals surface area contributed by atoms with Crippen molar-refractivity contribution in [3.63, 3.8) is 0 Å². The topological polar surface area (TPSA) is 87.1 Å². The van der Waals surface area contributed by atoms with Crippen molar-refractivity contribution in [2.24, 2.45) is 5.73 Å². The van der Waals surface area contributed by atoms with Gasteiger partial charge in [0.05, 0.1) is 5.56 Å². The van der Waals surface area contributed by atoms with Gasteiger partial charge in [0, 0.05) is 30.8 Å². The van der Waals surface area contributed by atoms with Crippen molar-refractivity contribution in [3.8, 4) is 23.0 Å². The minimum Gasteiger partial charge on any atom is -0.439 e. The summed E-state index contributed by atoms with van der Waals surface area (Å²) in [7, 11) is 0. The van der Waals surface area contributed by atoms with Crippen LogP contribution in [-0.4, -0.2) is 21.7 Å². The van der Waals surface area contributed by atoms with E-state index >= 15 is 0 Å². The molecule has 0 saturated carbocycles. The predicted molar refractivity (Wildman–Crippen MR) is 81.8 cm³/mol. The number of hydrogen-bond acceptors (Lipinski definition) is 6. The zero-order valence-corrected chi connectivity index (χ0v) is 12.8. The Morgan fingerprint density at radius 2 is 1.84 bits per heavy atom. The Hall–Kier alpha value is -2.94. The molecule has 25 heavy (non-hydrogen) atoms. The van der Waals surface area contributed by atoms with E-state index in [2.05, 4.69) is 15.1 Å². The molecule has 0 fully saturated rings. The van der Waals surface area contributed by atoms with Crippen molar-refractivity contribution in [1.29, 1.82) is 0 Å². The van der Waals surface area contributed by atoms with Gasteiger partial charge in [-0.2, -0.15) is 18.2 Å². The van der Waals surface area contributed by atoms with E-state index in [0.717, 1.165) is 18.3 Å². The first-order valence-electron chi connectivity index (χ1n) is 7.30. The van der Waals surface area contributed by atoms with Gasteiger partial charge >= 0.3 is 6.18 Å². The van der Waals surface area contributed by atoms with Crippen LogP contribution in [0.4, 0.5) is 13.2 Å². The number of halogens is 3. The molecule has 3 rings (SSSR count). The Bertz CT molecular complexity index is 830. The molecule has 0 aliphatic rings. The van der Waals surface area contributed by atoms with Crippen LogP contribution in [0.2, 0.25) is 0 Å². The number of aromatic nitrogens is 3. The highest BCUT2D eigenvalue weighted by Gasteiger charge is 2.30. The monoisotopic (exact) mass is 350 g/mol. The molecule has 2 N–H and O–H groups in total. The first kappa shape index (κ1) is 16.9. The van der Waals surface area contributed by atoms with Crippen LogP contribution in [0.5, 0.6) is 11.6 Å². The Morgan fingerprint density at radius 1 is 1.08 bits per heavy atom. The average molecular weight is 350 g/mol. The molecule has 6 nitrogen and oxygen atoms in total. The largest absolute Gasteiger partial charge is 0.439 e. The second-order valence-electron chi connectivity index (χ2n) is 5.06. The van der Waals surface area contributed by atoms with Gasteiger partial charge in [-0.1, -0.05) is 5.16 Å². The first-order chi connectivity index (χ1) is 12.0. The third kappa shape index (κ3) is 4.13. The molecule has 9 heteroatoms. The van der Waals surface area contributed by atoms with Crippen molar-refractivity contribution in [3.05, 3.63) is 54.0 Å². The summed E-state index contributed by atoms with van der Waals surface area (Å²) in [4.78, 5) is 7.85. The lowest BCUT2D eigenvalue weighted by Crippen LogP contribution is -2.05. The van der Waals surface area contributed by atoms with Gasteiger partial charge in [0.25, 0.3) is 0 Å². The SMILES string of the molecule is NCCc1nc(-c2ccc(Oc3ccc(C(F)(F)F)cn3)cc2)no1. The zero-order chi connectivity index (χ0) is 17.9. The molecule has 2 heterocycles. The lowest BCUT2D eigenvalue weighted by Gasteiger charge is -2.08. The number of alkyl halides is 3. The number of ether oxygens (including phenoxy) is 1. The van der Waals surface area contributed by atoms with Gasteiger partial charge in [-0.25, -0.2) is 4.98 Å². The van der Waals surface area contributed by atoms with E-state index in [1.807, 2.05) is 0 Å². The summed E-state index contributed by atoms with van der Waals surface area (Å²) in [6.45, 7) is 0.411. The van der Waals surface area contributed by atoms with E-state index in [1.165, 1.54) is 0 Å². The number of nitrogens with two attached hydrogens (primary N) is 1. The molecule has 1 aromatic carbocycles.